The van der Waals surface area contributed by atoms with Crippen LogP contribution < -0.4 is 0 Å². The minimum absolute atomic E-state index is 0.102. The number of ether oxygens (including phenoxy) is 1. The predicted octanol–water partition coefficient (Wildman–Crippen LogP) is 2.56. The number of halogens is 1. The third kappa shape index (κ3) is 3.23. The predicted molar refractivity (Wildman–Crippen MR) is 88.5 cm³/mol. The Bertz CT molecular complexity index is 769. The first-order valence-corrected chi connectivity index (χ1v) is 7.84. The van der Waals surface area contributed by atoms with Gasteiger partial charge in [-0.25, -0.2) is 4.39 Å². The SMILES string of the molecule is COC(C(=O)N1CC=C(c2ccccc2F)CC1)c1cnn(C)c1. The van der Waals surface area contributed by atoms with E-state index in [1.807, 2.05) is 12.1 Å². The molecule has 0 aliphatic carbocycles. The molecule has 0 radical (unpaired) electrons. The summed E-state index contributed by atoms with van der Waals surface area (Å²) in [5.74, 6) is -0.331. The van der Waals surface area contributed by atoms with Crippen LogP contribution in [-0.4, -0.2) is 40.8 Å². The zero-order chi connectivity index (χ0) is 17.1. The lowest BCUT2D eigenvalue weighted by Crippen LogP contribution is -2.38. The van der Waals surface area contributed by atoms with E-state index in [1.165, 1.54) is 13.2 Å². The first kappa shape index (κ1) is 16.4. The lowest BCUT2D eigenvalue weighted by molar-refractivity contribution is -0.142. The normalized spacial score (nSPS) is 16.0. The molecular formula is C18H20FN3O2. The Morgan fingerprint density at radius 3 is 2.75 bits per heavy atom. The maximum Gasteiger partial charge on any atom is 0.256 e. The molecule has 0 saturated heterocycles. The molecule has 1 aromatic heterocycles. The zero-order valence-corrected chi connectivity index (χ0v) is 13.8. The van der Waals surface area contributed by atoms with Gasteiger partial charge < -0.3 is 9.64 Å². The van der Waals surface area contributed by atoms with Crippen molar-refractivity contribution >= 4 is 11.5 Å². The highest BCUT2D eigenvalue weighted by Gasteiger charge is 2.28. The van der Waals surface area contributed by atoms with Crippen LogP contribution in [0.25, 0.3) is 5.57 Å². The van der Waals surface area contributed by atoms with E-state index in [0.29, 0.717) is 25.1 Å². The number of nitrogens with zero attached hydrogens (tertiary/aromatic N) is 3. The fourth-order valence-corrected chi connectivity index (χ4v) is 2.96. The molecule has 0 N–H and O–H groups in total. The molecular weight excluding hydrogens is 309 g/mol. The van der Waals surface area contributed by atoms with Gasteiger partial charge in [0, 0.05) is 44.6 Å². The van der Waals surface area contributed by atoms with Gasteiger partial charge in [-0.2, -0.15) is 5.10 Å². The molecule has 5 nitrogen and oxygen atoms in total. The number of amides is 1. The van der Waals surface area contributed by atoms with Crippen LogP contribution in [0.5, 0.6) is 0 Å². The average Bonchev–Trinajstić information content (AvgIpc) is 3.02. The molecule has 1 aliphatic rings. The van der Waals surface area contributed by atoms with Crippen molar-refractivity contribution in [1.82, 2.24) is 14.7 Å². The standard InChI is InChI=1S/C18H20FN3O2/c1-21-12-14(11-20-21)17(24-2)18(23)22-9-7-13(8-10-22)15-5-3-4-6-16(15)19/h3-7,11-12,17H,8-10H2,1-2H3. The third-order valence-corrected chi connectivity index (χ3v) is 4.23. The summed E-state index contributed by atoms with van der Waals surface area (Å²) < 4.78 is 20.9. The number of benzene rings is 1. The highest BCUT2D eigenvalue weighted by Crippen LogP contribution is 2.27. The fourth-order valence-electron chi connectivity index (χ4n) is 2.96. The summed E-state index contributed by atoms with van der Waals surface area (Å²) in [7, 11) is 3.31. The maximum atomic E-state index is 13.9. The largest absolute Gasteiger partial charge is 0.367 e. The first-order valence-electron chi connectivity index (χ1n) is 7.84. The van der Waals surface area contributed by atoms with Gasteiger partial charge in [-0.3, -0.25) is 9.48 Å². The van der Waals surface area contributed by atoms with Crippen LogP contribution in [0.2, 0.25) is 0 Å². The molecule has 126 valence electrons. The monoisotopic (exact) mass is 329 g/mol. The zero-order valence-electron chi connectivity index (χ0n) is 13.8. The summed E-state index contributed by atoms with van der Waals surface area (Å²) in [6, 6.07) is 6.72. The molecule has 1 atom stereocenters. The summed E-state index contributed by atoms with van der Waals surface area (Å²) in [6.45, 7) is 0.988. The molecule has 2 aromatic rings. The minimum Gasteiger partial charge on any atom is -0.367 e. The van der Waals surface area contributed by atoms with Crippen LogP contribution >= 0.6 is 0 Å². The van der Waals surface area contributed by atoms with Gasteiger partial charge in [0.25, 0.3) is 5.91 Å². The van der Waals surface area contributed by atoms with Crippen LogP contribution in [0.1, 0.15) is 23.7 Å². The lowest BCUT2D eigenvalue weighted by Gasteiger charge is -2.29. The second kappa shape index (κ2) is 6.97. The molecule has 6 heteroatoms. The summed E-state index contributed by atoms with van der Waals surface area (Å²) in [5.41, 5.74) is 2.28. The molecule has 0 spiro atoms. The summed E-state index contributed by atoms with van der Waals surface area (Å²) in [4.78, 5) is 14.4. The number of aryl methyl sites for hydroxylation is 1. The number of hydrogen-bond donors (Lipinski definition) is 0. The highest BCUT2D eigenvalue weighted by molar-refractivity contribution is 5.83. The fraction of sp³-hybridized carbons (Fsp3) is 0.333. The van der Waals surface area contributed by atoms with E-state index in [2.05, 4.69) is 5.10 Å². The van der Waals surface area contributed by atoms with Crippen molar-refractivity contribution < 1.29 is 13.9 Å². The summed E-state index contributed by atoms with van der Waals surface area (Å²) in [6.07, 6.45) is 5.28. The lowest BCUT2D eigenvalue weighted by atomic mass is 9.98. The quantitative estimate of drug-likeness (QED) is 0.866. The number of carbonyl (C=O) groups excluding carboxylic acids is 1. The van der Waals surface area contributed by atoms with Crippen LogP contribution in [0.4, 0.5) is 4.39 Å². The van der Waals surface area contributed by atoms with Crippen molar-refractivity contribution in [2.45, 2.75) is 12.5 Å². The Labute approximate surface area is 140 Å². The van der Waals surface area contributed by atoms with Gasteiger partial charge in [-0.05, 0) is 18.1 Å². The Hall–Kier alpha value is -2.47. The van der Waals surface area contributed by atoms with Crippen molar-refractivity contribution in [2.24, 2.45) is 7.05 Å². The van der Waals surface area contributed by atoms with Crippen LogP contribution in [0.15, 0.2) is 42.7 Å². The molecule has 2 heterocycles. The van der Waals surface area contributed by atoms with Crippen molar-refractivity contribution in [3.05, 3.63) is 59.7 Å². The molecule has 1 aliphatic heterocycles. The highest BCUT2D eigenvalue weighted by atomic mass is 19.1. The molecule has 3 rings (SSSR count). The van der Waals surface area contributed by atoms with E-state index < -0.39 is 6.10 Å². The van der Waals surface area contributed by atoms with Gasteiger partial charge in [-0.15, -0.1) is 0 Å². The second-order valence-corrected chi connectivity index (χ2v) is 5.81. The Morgan fingerprint density at radius 1 is 1.38 bits per heavy atom. The van der Waals surface area contributed by atoms with Gasteiger partial charge in [0.1, 0.15) is 5.82 Å². The van der Waals surface area contributed by atoms with Crippen LogP contribution in [-0.2, 0) is 16.6 Å². The Balaban J connectivity index is 1.73. The van der Waals surface area contributed by atoms with Gasteiger partial charge >= 0.3 is 0 Å². The Morgan fingerprint density at radius 2 is 2.17 bits per heavy atom. The number of hydrogen-bond acceptors (Lipinski definition) is 3. The number of carbonyl (C=O) groups is 1. The molecule has 1 unspecified atom stereocenters. The van der Waals surface area contributed by atoms with Gasteiger partial charge in [0.15, 0.2) is 6.10 Å². The van der Waals surface area contributed by atoms with E-state index in [1.54, 1.807) is 41.2 Å². The van der Waals surface area contributed by atoms with Crippen molar-refractivity contribution in [1.29, 1.82) is 0 Å². The van der Waals surface area contributed by atoms with Gasteiger partial charge in [-0.1, -0.05) is 24.3 Å². The topological polar surface area (TPSA) is 47.4 Å². The Kier molecular flexibility index (Phi) is 4.76. The van der Waals surface area contributed by atoms with E-state index in [9.17, 15) is 9.18 Å². The first-order chi connectivity index (χ1) is 11.6. The van der Waals surface area contributed by atoms with Crippen LogP contribution in [0, 0.1) is 5.82 Å². The third-order valence-electron chi connectivity index (χ3n) is 4.23. The minimum atomic E-state index is -0.665. The molecule has 0 saturated carbocycles. The van der Waals surface area contributed by atoms with E-state index >= 15 is 0 Å². The van der Waals surface area contributed by atoms with Crippen LogP contribution in [0.3, 0.4) is 0 Å². The van der Waals surface area contributed by atoms with E-state index in [-0.39, 0.29) is 11.7 Å². The number of rotatable bonds is 4. The molecule has 1 aromatic carbocycles. The molecule has 0 fully saturated rings. The summed E-state index contributed by atoms with van der Waals surface area (Å²) in [5, 5.41) is 4.09. The average molecular weight is 329 g/mol. The second-order valence-electron chi connectivity index (χ2n) is 5.81. The maximum absolute atomic E-state index is 13.9. The van der Waals surface area contributed by atoms with Crippen molar-refractivity contribution in [2.75, 3.05) is 20.2 Å². The van der Waals surface area contributed by atoms with E-state index in [0.717, 1.165) is 11.1 Å². The smallest absolute Gasteiger partial charge is 0.256 e. The molecule has 0 bridgehead atoms. The number of methoxy groups -OCH3 is 1. The number of aromatic nitrogens is 2. The molecule has 24 heavy (non-hydrogen) atoms. The van der Waals surface area contributed by atoms with E-state index in [4.69, 9.17) is 4.74 Å². The molecule has 1 amide bonds. The van der Waals surface area contributed by atoms with Gasteiger partial charge in [0.05, 0.1) is 6.20 Å². The van der Waals surface area contributed by atoms with Gasteiger partial charge in [0.2, 0.25) is 0 Å². The summed E-state index contributed by atoms with van der Waals surface area (Å²) >= 11 is 0. The van der Waals surface area contributed by atoms with Crippen molar-refractivity contribution in [3.8, 4) is 0 Å². The van der Waals surface area contributed by atoms with Crippen molar-refractivity contribution in [3.63, 3.8) is 0 Å².